The minimum atomic E-state index is -0.152. The third kappa shape index (κ3) is 3.59. The third-order valence-electron chi connectivity index (χ3n) is 4.25. The monoisotopic (exact) mass is 320 g/mol. The molecule has 1 N–H and O–H groups in total. The minimum Gasteiger partial charge on any atom is -0.352 e. The van der Waals surface area contributed by atoms with Gasteiger partial charge in [0.1, 0.15) is 0 Å². The van der Waals surface area contributed by atoms with Crippen molar-refractivity contribution in [1.82, 2.24) is 5.32 Å². The second-order valence-electron chi connectivity index (χ2n) is 6.15. The number of nitrogens with one attached hydrogen (secondary N) is 1. The van der Waals surface area contributed by atoms with Crippen molar-refractivity contribution in [2.45, 2.75) is 26.8 Å². The molecule has 0 saturated carbocycles. The lowest BCUT2D eigenvalue weighted by molar-refractivity contribution is -0.119. The Balaban J connectivity index is 1.74. The molecular weight excluding hydrogens is 300 g/mol. The molecule has 1 aliphatic heterocycles. The lowest BCUT2D eigenvalue weighted by Crippen LogP contribution is -2.20. The van der Waals surface area contributed by atoms with Crippen molar-refractivity contribution in [1.29, 1.82) is 0 Å². The zero-order valence-corrected chi connectivity index (χ0v) is 13.9. The highest BCUT2D eigenvalue weighted by Crippen LogP contribution is 2.23. The Labute approximate surface area is 141 Å². The van der Waals surface area contributed by atoms with E-state index < -0.39 is 0 Å². The molecule has 1 aliphatic carbocycles. The van der Waals surface area contributed by atoms with E-state index >= 15 is 0 Å². The first kappa shape index (κ1) is 16.1. The number of fused-ring (bicyclic) bond motifs is 1. The first-order chi connectivity index (χ1) is 11.5. The largest absolute Gasteiger partial charge is 0.352 e. The summed E-state index contributed by atoms with van der Waals surface area (Å²) in [4.78, 5) is 27.4. The van der Waals surface area contributed by atoms with Crippen molar-refractivity contribution in [3.63, 3.8) is 0 Å². The molecule has 122 valence electrons. The molecule has 0 radical (unpaired) electrons. The van der Waals surface area contributed by atoms with Crippen LogP contribution >= 0.6 is 0 Å². The zero-order chi connectivity index (χ0) is 17.1. The van der Waals surface area contributed by atoms with Gasteiger partial charge in [-0.3, -0.25) is 9.59 Å². The smallest absolute Gasteiger partial charge is 0.273 e. The summed E-state index contributed by atoms with van der Waals surface area (Å²) in [6.45, 7) is 4.05. The average molecular weight is 320 g/mol. The summed E-state index contributed by atoms with van der Waals surface area (Å²) in [5.74, 6) is -0.0938. The Bertz CT molecular complexity index is 813. The Morgan fingerprint density at radius 2 is 2.12 bits per heavy atom. The van der Waals surface area contributed by atoms with Crippen molar-refractivity contribution in [3.8, 4) is 0 Å². The maximum Gasteiger partial charge on any atom is 0.273 e. The number of hydrogen-bond donors (Lipinski definition) is 1. The van der Waals surface area contributed by atoms with E-state index in [2.05, 4.69) is 16.4 Å². The van der Waals surface area contributed by atoms with Crippen LogP contribution in [0, 0.1) is 12.8 Å². The minimum absolute atomic E-state index is 0.0420. The van der Waals surface area contributed by atoms with Gasteiger partial charge in [0.05, 0.1) is 5.71 Å². The highest BCUT2D eigenvalue weighted by Gasteiger charge is 2.22. The lowest BCUT2D eigenvalue weighted by Gasteiger charge is -2.18. The van der Waals surface area contributed by atoms with Crippen molar-refractivity contribution < 1.29 is 9.59 Å². The van der Waals surface area contributed by atoms with Crippen LogP contribution in [0.4, 0.5) is 0 Å². The molecule has 4 heteroatoms. The fraction of sp³-hybridized carbons (Fsp3) is 0.250. The van der Waals surface area contributed by atoms with Crippen LogP contribution in [0.3, 0.4) is 0 Å². The number of rotatable bonds is 4. The number of aliphatic imine (C=N–C) groups is 1. The van der Waals surface area contributed by atoms with E-state index in [0.29, 0.717) is 13.0 Å². The van der Waals surface area contributed by atoms with Crippen LogP contribution in [-0.4, -0.2) is 17.5 Å². The van der Waals surface area contributed by atoms with E-state index in [1.165, 1.54) is 6.92 Å². The SMILES string of the molecule is CC(=O)NCc1ccc(CC2=CC3C=CC=CC3=NC2=O)cc1C. The van der Waals surface area contributed by atoms with Crippen molar-refractivity contribution in [3.05, 3.63) is 70.8 Å². The molecule has 1 aromatic carbocycles. The molecule has 0 bridgehead atoms. The number of hydrogen-bond acceptors (Lipinski definition) is 2. The normalized spacial score (nSPS) is 18.8. The fourth-order valence-electron chi connectivity index (χ4n) is 2.92. The van der Waals surface area contributed by atoms with Gasteiger partial charge in [0, 0.05) is 31.4 Å². The van der Waals surface area contributed by atoms with Gasteiger partial charge in [-0.1, -0.05) is 42.5 Å². The zero-order valence-electron chi connectivity index (χ0n) is 13.9. The Morgan fingerprint density at radius 3 is 2.88 bits per heavy atom. The highest BCUT2D eigenvalue weighted by molar-refractivity contribution is 6.13. The highest BCUT2D eigenvalue weighted by atomic mass is 16.1. The summed E-state index contributed by atoms with van der Waals surface area (Å²) < 4.78 is 0. The molecule has 0 fully saturated rings. The Morgan fingerprint density at radius 1 is 1.29 bits per heavy atom. The van der Waals surface area contributed by atoms with Crippen LogP contribution in [0.1, 0.15) is 23.6 Å². The average Bonchev–Trinajstić information content (AvgIpc) is 2.54. The molecule has 1 aromatic rings. The first-order valence-corrected chi connectivity index (χ1v) is 8.04. The number of carbonyl (C=O) groups excluding carboxylic acids is 2. The summed E-state index contributed by atoms with van der Waals surface area (Å²) in [7, 11) is 0. The molecule has 1 unspecified atom stereocenters. The van der Waals surface area contributed by atoms with E-state index in [9.17, 15) is 9.59 Å². The van der Waals surface area contributed by atoms with Crippen molar-refractivity contribution in [2.24, 2.45) is 10.9 Å². The van der Waals surface area contributed by atoms with Gasteiger partial charge in [0.25, 0.3) is 5.91 Å². The second-order valence-corrected chi connectivity index (χ2v) is 6.15. The lowest BCUT2D eigenvalue weighted by atomic mass is 9.90. The van der Waals surface area contributed by atoms with Gasteiger partial charge in [-0.15, -0.1) is 0 Å². The molecular formula is C20H20N2O2. The first-order valence-electron chi connectivity index (χ1n) is 8.04. The number of aryl methyl sites for hydroxylation is 1. The Kier molecular flexibility index (Phi) is 4.56. The quantitative estimate of drug-likeness (QED) is 0.927. The van der Waals surface area contributed by atoms with Crippen molar-refractivity contribution in [2.75, 3.05) is 0 Å². The standard InChI is InChI=1S/C20H20N2O2/c1-13-9-15(7-8-17(13)12-21-14(2)23)10-18-11-16-5-3-4-6-19(16)22-20(18)24/h3-9,11,16H,10,12H2,1-2H3,(H,21,23). The maximum absolute atomic E-state index is 12.2. The van der Waals surface area contributed by atoms with Gasteiger partial charge in [-0.05, 0) is 29.7 Å². The number of dihydropyridines is 1. The third-order valence-corrected chi connectivity index (χ3v) is 4.25. The topological polar surface area (TPSA) is 58.5 Å². The summed E-state index contributed by atoms with van der Waals surface area (Å²) in [6, 6.07) is 6.08. The summed E-state index contributed by atoms with van der Waals surface area (Å²) in [6.07, 6.45) is 10.4. The number of carbonyl (C=O) groups is 2. The van der Waals surface area contributed by atoms with E-state index in [4.69, 9.17) is 0 Å². The molecule has 0 aromatic heterocycles. The summed E-state index contributed by atoms with van der Waals surface area (Å²) in [5, 5.41) is 2.81. The molecule has 0 spiro atoms. The predicted octanol–water partition coefficient (Wildman–Crippen LogP) is 2.82. The molecule has 1 heterocycles. The van der Waals surface area contributed by atoms with E-state index in [1.807, 2.05) is 49.4 Å². The second kappa shape index (κ2) is 6.79. The van der Waals surface area contributed by atoms with Crippen LogP contribution in [0.15, 0.2) is 59.1 Å². The van der Waals surface area contributed by atoms with Gasteiger partial charge in [0.2, 0.25) is 5.91 Å². The van der Waals surface area contributed by atoms with Crippen LogP contribution in [-0.2, 0) is 22.6 Å². The van der Waals surface area contributed by atoms with Gasteiger partial charge >= 0.3 is 0 Å². The molecule has 4 nitrogen and oxygen atoms in total. The number of nitrogens with zero attached hydrogens (tertiary/aromatic N) is 1. The number of allylic oxidation sites excluding steroid dienone is 5. The van der Waals surface area contributed by atoms with Crippen LogP contribution < -0.4 is 5.32 Å². The molecule has 3 rings (SSSR count). The molecule has 2 aliphatic rings. The molecule has 24 heavy (non-hydrogen) atoms. The maximum atomic E-state index is 12.2. The number of benzene rings is 1. The van der Waals surface area contributed by atoms with Gasteiger partial charge in [0.15, 0.2) is 0 Å². The summed E-state index contributed by atoms with van der Waals surface area (Å²) >= 11 is 0. The summed E-state index contributed by atoms with van der Waals surface area (Å²) in [5.41, 5.74) is 4.81. The van der Waals surface area contributed by atoms with E-state index in [0.717, 1.165) is 28.0 Å². The predicted molar refractivity (Wildman–Crippen MR) is 94.7 cm³/mol. The molecule has 0 saturated heterocycles. The van der Waals surface area contributed by atoms with Crippen LogP contribution in [0.25, 0.3) is 0 Å². The van der Waals surface area contributed by atoms with Gasteiger partial charge < -0.3 is 5.32 Å². The molecule has 1 atom stereocenters. The van der Waals surface area contributed by atoms with E-state index in [1.54, 1.807) is 0 Å². The Hall–Kier alpha value is -2.75. The van der Waals surface area contributed by atoms with Crippen LogP contribution in [0.5, 0.6) is 0 Å². The van der Waals surface area contributed by atoms with Crippen molar-refractivity contribution >= 4 is 17.5 Å². The van der Waals surface area contributed by atoms with Gasteiger partial charge in [-0.2, -0.15) is 0 Å². The fourth-order valence-corrected chi connectivity index (χ4v) is 2.92. The molecule has 2 amide bonds. The number of amides is 2. The van der Waals surface area contributed by atoms with Crippen LogP contribution in [0.2, 0.25) is 0 Å². The van der Waals surface area contributed by atoms with E-state index in [-0.39, 0.29) is 17.7 Å². The van der Waals surface area contributed by atoms with Gasteiger partial charge in [-0.25, -0.2) is 4.99 Å².